The van der Waals surface area contributed by atoms with Gasteiger partial charge < -0.3 is 0 Å². The van der Waals surface area contributed by atoms with Crippen molar-refractivity contribution in [2.24, 2.45) is 0 Å². The van der Waals surface area contributed by atoms with Crippen molar-refractivity contribution < 1.29 is 9.32 Å². The first-order valence-electron chi connectivity index (χ1n) is 7.63. The average molecular weight is 368 g/mol. The van der Waals surface area contributed by atoms with E-state index in [1.807, 2.05) is 18.2 Å². The van der Waals surface area contributed by atoms with Gasteiger partial charge in [-0.3, -0.25) is 10.1 Å². The van der Waals surface area contributed by atoms with E-state index in [0.29, 0.717) is 0 Å². The maximum atomic E-state index is 10.8. The molecule has 0 spiro atoms. The highest BCUT2D eigenvalue weighted by atomic mass is 32.2. The van der Waals surface area contributed by atoms with Crippen molar-refractivity contribution in [2.75, 3.05) is 0 Å². The van der Waals surface area contributed by atoms with Gasteiger partial charge in [0, 0.05) is 28.0 Å². The average Bonchev–Trinajstić information content (AvgIpc) is 3.17. The van der Waals surface area contributed by atoms with Gasteiger partial charge in [0.1, 0.15) is 5.69 Å². The Labute approximate surface area is 152 Å². The van der Waals surface area contributed by atoms with E-state index in [1.165, 1.54) is 0 Å². The lowest BCUT2D eigenvalue weighted by Crippen LogP contribution is -2.22. The van der Waals surface area contributed by atoms with Crippen molar-refractivity contribution in [1.82, 2.24) is 4.98 Å². The molecule has 0 bridgehead atoms. The van der Waals surface area contributed by atoms with Gasteiger partial charge in [-0.25, -0.2) is 4.98 Å². The lowest BCUT2D eigenvalue weighted by atomic mass is 10.2. The lowest BCUT2D eigenvalue weighted by molar-refractivity contribution is -0.554. The topological polar surface area (TPSA) is 63.0 Å². The molecule has 0 aliphatic rings. The van der Waals surface area contributed by atoms with E-state index >= 15 is 0 Å². The Kier molecular flexibility index (Phi) is 4.03. The molecule has 0 aliphatic heterocycles. The number of nitro benzene ring substituents is 1. The Hall–Kier alpha value is -2.64. The lowest BCUT2D eigenvalue weighted by Gasteiger charge is -2.01. The summed E-state index contributed by atoms with van der Waals surface area (Å²) in [5, 5.41) is 14.0. The molecule has 7 heteroatoms. The van der Waals surface area contributed by atoms with Gasteiger partial charge in [0.05, 0.1) is 4.92 Å². The summed E-state index contributed by atoms with van der Waals surface area (Å²) in [6.45, 7) is 2.08. The van der Waals surface area contributed by atoms with Crippen LogP contribution in [0.1, 0.15) is 5.69 Å². The molecule has 0 atom stereocenters. The molecule has 0 saturated heterocycles. The normalized spacial score (nSPS) is 11.1. The molecular weight excluding hydrogens is 354 g/mol. The van der Waals surface area contributed by atoms with Crippen LogP contribution in [0.2, 0.25) is 0 Å². The van der Waals surface area contributed by atoms with Crippen LogP contribution >= 0.6 is 23.1 Å². The summed E-state index contributed by atoms with van der Waals surface area (Å²) >= 11 is 3.27. The minimum absolute atomic E-state index is 0.103. The van der Waals surface area contributed by atoms with Gasteiger partial charge in [-0.15, -0.1) is 0 Å². The summed E-state index contributed by atoms with van der Waals surface area (Å²) in [6.07, 6.45) is 0. The van der Waals surface area contributed by atoms with Crippen LogP contribution in [-0.4, -0.2) is 9.91 Å². The van der Waals surface area contributed by atoms with Crippen LogP contribution in [0, 0.1) is 17.0 Å². The van der Waals surface area contributed by atoms with Gasteiger partial charge in [-0.2, -0.15) is 4.40 Å². The largest absolute Gasteiger partial charge is 0.345 e. The number of imidazole rings is 1. The number of nitrogens with one attached hydrogen (secondary N) is 1. The minimum atomic E-state index is -0.379. The van der Waals surface area contributed by atoms with Crippen LogP contribution in [0.5, 0.6) is 0 Å². The second-order valence-electron chi connectivity index (χ2n) is 5.54. The maximum absolute atomic E-state index is 10.8. The summed E-state index contributed by atoms with van der Waals surface area (Å²) in [5.74, 6) is 0. The van der Waals surface area contributed by atoms with Crippen molar-refractivity contribution in [3.63, 3.8) is 0 Å². The Morgan fingerprint density at radius 1 is 1.12 bits per heavy atom. The highest BCUT2D eigenvalue weighted by Gasteiger charge is 2.25. The fourth-order valence-electron chi connectivity index (χ4n) is 2.66. The third-order valence-electron chi connectivity index (χ3n) is 3.87. The van der Waals surface area contributed by atoms with Crippen molar-refractivity contribution in [3.05, 3.63) is 75.8 Å². The third kappa shape index (κ3) is 2.92. The molecule has 4 aromatic rings. The SMILES string of the molecule is Cc1csc2[nH]c(-c3ccccc3)c(Sc3ccc([N+](=O)[O-])cc3)[n+]12. The molecule has 0 aliphatic carbocycles. The van der Waals surface area contributed by atoms with Crippen LogP contribution in [-0.2, 0) is 0 Å². The number of aromatic nitrogens is 2. The number of aromatic amines is 1. The number of aryl methyl sites for hydroxylation is 1. The quantitative estimate of drug-likeness (QED) is 0.318. The number of benzene rings is 2. The summed E-state index contributed by atoms with van der Waals surface area (Å²) in [5.41, 5.74) is 3.43. The molecule has 2 aromatic heterocycles. The number of rotatable bonds is 4. The second-order valence-corrected chi connectivity index (χ2v) is 7.46. The standard InChI is InChI=1S/C18H13N3O2S2/c1-12-11-24-18-19-16(13-5-3-2-4-6-13)17(20(12)18)25-15-9-7-14(8-10-15)21(22)23/h2-11H,1H3/p+1. The number of non-ortho nitro benzene ring substituents is 1. The van der Waals surface area contributed by atoms with Crippen LogP contribution in [0.3, 0.4) is 0 Å². The molecule has 5 nitrogen and oxygen atoms in total. The number of H-pyrrole nitrogens is 1. The number of fused-ring (bicyclic) bond motifs is 1. The molecule has 0 saturated carbocycles. The van der Waals surface area contributed by atoms with Crippen LogP contribution in [0.15, 0.2) is 69.9 Å². The van der Waals surface area contributed by atoms with E-state index in [1.54, 1.807) is 47.4 Å². The van der Waals surface area contributed by atoms with E-state index in [-0.39, 0.29) is 10.6 Å². The number of nitrogens with zero attached hydrogens (tertiary/aromatic N) is 2. The molecule has 2 aromatic carbocycles. The van der Waals surface area contributed by atoms with Gasteiger partial charge in [0.15, 0.2) is 5.69 Å². The minimum Gasteiger partial charge on any atom is -0.258 e. The molecule has 0 fully saturated rings. The van der Waals surface area contributed by atoms with E-state index in [9.17, 15) is 10.1 Å². The molecule has 25 heavy (non-hydrogen) atoms. The number of thiazole rings is 1. The summed E-state index contributed by atoms with van der Waals surface area (Å²) in [7, 11) is 0. The predicted octanol–water partition coefficient (Wildman–Crippen LogP) is 4.85. The zero-order valence-electron chi connectivity index (χ0n) is 13.3. The van der Waals surface area contributed by atoms with Crippen LogP contribution < -0.4 is 4.40 Å². The molecule has 0 unspecified atom stereocenters. The van der Waals surface area contributed by atoms with Crippen molar-refractivity contribution >= 4 is 33.7 Å². The molecule has 0 radical (unpaired) electrons. The molecule has 4 rings (SSSR count). The summed E-state index contributed by atoms with van der Waals surface area (Å²) < 4.78 is 2.19. The monoisotopic (exact) mass is 368 g/mol. The molecule has 0 amide bonds. The second kappa shape index (κ2) is 6.34. The van der Waals surface area contributed by atoms with Crippen molar-refractivity contribution in [1.29, 1.82) is 0 Å². The Morgan fingerprint density at radius 2 is 1.84 bits per heavy atom. The fourth-order valence-corrected chi connectivity index (χ4v) is 4.70. The first-order valence-corrected chi connectivity index (χ1v) is 9.32. The molecule has 2 heterocycles. The van der Waals surface area contributed by atoms with Crippen LogP contribution in [0.25, 0.3) is 16.2 Å². The highest BCUT2D eigenvalue weighted by Crippen LogP contribution is 2.35. The first-order chi connectivity index (χ1) is 12.1. The maximum Gasteiger partial charge on any atom is 0.345 e. The zero-order chi connectivity index (χ0) is 17.4. The fraction of sp³-hybridized carbons (Fsp3) is 0.0556. The third-order valence-corrected chi connectivity index (χ3v) is 5.93. The van der Waals surface area contributed by atoms with Crippen molar-refractivity contribution in [2.45, 2.75) is 16.8 Å². The molecular formula is C18H14N3O2S2+. The van der Waals surface area contributed by atoms with E-state index < -0.39 is 0 Å². The zero-order valence-corrected chi connectivity index (χ0v) is 14.9. The smallest absolute Gasteiger partial charge is 0.258 e. The number of hydrogen-bond acceptors (Lipinski definition) is 4. The number of nitro groups is 1. The van der Waals surface area contributed by atoms with E-state index in [4.69, 9.17) is 0 Å². The van der Waals surface area contributed by atoms with Gasteiger partial charge in [0.25, 0.3) is 5.69 Å². The highest BCUT2D eigenvalue weighted by molar-refractivity contribution is 7.99. The Morgan fingerprint density at radius 3 is 2.52 bits per heavy atom. The van der Waals surface area contributed by atoms with E-state index in [2.05, 4.69) is 33.8 Å². The summed E-state index contributed by atoms with van der Waals surface area (Å²) in [6, 6.07) is 16.8. The predicted molar refractivity (Wildman–Crippen MR) is 99.2 cm³/mol. The van der Waals surface area contributed by atoms with Gasteiger partial charge in [-0.05, 0) is 30.8 Å². The van der Waals surface area contributed by atoms with Gasteiger partial charge in [0.2, 0.25) is 5.03 Å². The van der Waals surface area contributed by atoms with Gasteiger partial charge >= 0.3 is 4.96 Å². The Balaban J connectivity index is 1.82. The molecule has 124 valence electrons. The first kappa shape index (κ1) is 15.9. The van der Waals surface area contributed by atoms with Crippen molar-refractivity contribution in [3.8, 4) is 11.3 Å². The number of hydrogen-bond donors (Lipinski definition) is 1. The van der Waals surface area contributed by atoms with Gasteiger partial charge in [-0.1, -0.05) is 41.7 Å². The van der Waals surface area contributed by atoms with Crippen LogP contribution in [0.4, 0.5) is 5.69 Å². The Bertz CT molecular complexity index is 1050. The molecule has 1 N–H and O–H groups in total. The summed E-state index contributed by atoms with van der Waals surface area (Å²) in [4.78, 5) is 16.0. The van der Waals surface area contributed by atoms with E-state index in [0.717, 1.165) is 31.8 Å².